The van der Waals surface area contributed by atoms with E-state index in [4.69, 9.17) is 0 Å². The summed E-state index contributed by atoms with van der Waals surface area (Å²) in [5.74, 6) is 0.395. The van der Waals surface area contributed by atoms with Crippen LogP contribution in [0.5, 0.6) is 0 Å². The van der Waals surface area contributed by atoms with E-state index in [1.165, 1.54) is 27.8 Å². The fraction of sp³-hybridized carbons (Fsp3) is 0.350. The molecule has 3 aromatic rings. The largest absolute Gasteiger partial charge is 0.292 e. The van der Waals surface area contributed by atoms with E-state index in [0.717, 1.165) is 21.7 Å². The van der Waals surface area contributed by atoms with Gasteiger partial charge in [0.05, 0.1) is 18.3 Å². The van der Waals surface area contributed by atoms with Crippen molar-refractivity contribution in [3.63, 3.8) is 0 Å². The molecule has 5 heteroatoms. The molecule has 0 N–H and O–H groups in total. The van der Waals surface area contributed by atoms with Crippen LogP contribution in [0.3, 0.4) is 0 Å². The van der Waals surface area contributed by atoms with Crippen LogP contribution in [0, 0.1) is 13.8 Å². The summed E-state index contributed by atoms with van der Waals surface area (Å²) in [4.78, 5) is 31.4. The molecule has 1 aromatic carbocycles. The number of aromatic nitrogens is 2. The van der Waals surface area contributed by atoms with Crippen LogP contribution in [0.4, 0.5) is 0 Å². The number of benzene rings is 1. The van der Waals surface area contributed by atoms with E-state index < -0.39 is 0 Å². The second kappa shape index (κ2) is 6.92. The van der Waals surface area contributed by atoms with E-state index in [0.29, 0.717) is 16.9 Å². The first-order chi connectivity index (χ1) is 11.9. The highest BCUT2D eigenvalue weighted by Gasteiger charge is 2.14. The van der Waals surface area contributed by atoms with Crippen LogP contribution in [0.15, 0.2) is 35.4 Å². The molecule has 0 fully saturated rings. The third-order valence-electron chi connectivity index (χ3n) is 4.88. The molecule has 0 aliphatic carbocycles. The van der Waals surface area contributed by atoms with Crippen LogP contribution in [0.25, 0.3) is 10.2 Å². The maximum atomic E-state index is 12.7. The van der Waals surface area contributed by atoms with Crippen molar-refractivity contribution in [2.45, 2.75) is 46.6 Å². The van der Waals surface area contributed by atoms with E-state index in [1.54, 1.807) is 0 Å². The smallest absolute Gasteiger partial charge is 0.262 e. The van der Waals surface area contributed by atoms with Gasteiger partial charge in [-0.1, -0.05) is 38.1 Å². The van der Waals surface area contributed by atoms with Gasteiger partial charge in [0, 0.05) is 10.4 Å². The maximum Gasteiger partial charge on any atom is 0.262 e. The van der Waals surface area contributed by atoms with Crippen molar-refractivity contribution in [1.82, 2.24) is 9.55 Å². The Morgan fingerprint density at radius 1 is 1.24 bits per heavy atom. The lowest BCUT2D eigenvalue weighted by molar-refractivity contribution is 0.0970. The van der Waals surface area contributed by atoms with Gasteiger partial charge in [0.15, 0.2) is 5.78 Å². The summed E-state index contributed by atoms with van der Waals surface area (Å²) in [6.07, 6.45) is 2.54. The standard InChI is InChI=1S/C20H22N2O2S/c1-5-12(2)15-6-8-16(9-7-15)17(23)10-22-11-21-19-18(20(22)24)13(3)14(4)25-19/h6-9,11-12H,5,10H2,1-4H3. The second-order valence-corrected chi connectivity index (χ2v) is 7.70. The number of fused-ring (bicyclic) bond motifs is 1. The number of Topliss-reactive ketones (excluding diaryl/α,β-unsaturated/α-hetero) is 1. The summed E-state index contributed by atoms with van der Waals surface area (Å²) in [5.41, 5.74) is 2.66. The molecule has 0 radical (unpaired) electrons. The minimum Gasteiger partial charge on any atom is -0.292 e. The van der Waals surface area contributed by atoms with Crippen LogP contribution in [0.2, 0.25) is 0 Å². The fourth-order valence-electron chi connectivity index (χ4n) is 2.86. The van der Waals surface area contributed by atoms with Crippen molar-refractivity contribution < 1.29 is 4.79 Å². The Morgan fingerprint density at radius 3 is 2.56 bits per heavy atom. The Labute approximate surface area is 151 Å². The van der Waals surface area contributed by atoms with Crippen molar-refractivity contribution in [2.24, 2.45) is 0 Å². The van der Waals surface area contributed by atoms with Crippen LogP contribution in [-0.2, 0) is 6.54 Å². The quantitative estimate of drug-likeness (QED) is 0.635. The molecule has 25 heavy (non-hydrogen) atoms. The molecule has 0 aliphatic rings. The summed E-state index contributed by atoms with van der Waals surface area (Å²) >= 11 is 1.51. The number of carbonyl (C=O) groups excluding carboxylic acids is 1. The first-order valence-electron chi connectivity index (χ1n) is 8.50. The lowest BCUT2D eigenvalue weighted by Gasteiger charge is -2.10. The minimum absolute atomic E-state index is 0.0127. The van der Waals surface area contributed by atoms with Crippen molar-refractivity contribution in [1.29, 1.82) is 0 Å². The van der Waals surface area contributed by atoms with E-state index >= 15 is 0 Å². The van der Waals surface area contributed by atoms with Gasteiger partial charge in [0.1, 0.15) is 4.83 Å². The average Bonchev–Trinajstić information content (AvgIpc) is 2.91. The molecular weight excluding hydrogens is 332 g/mol. The minimum atomic E-state index is -0.142. The van der Waals surface area contributed by atoms with Crippen molar-refractivity contribution in [2.75, 3.05) is 0 Å². The van der Waals surface area contributed by atoms with Gasteiger partial charge >= 0.3 is 0 Å². The molecular formula is C20H22N2O2S. The molecule has 3 rings (SSSR count). The lowest BCUT2D eigenvalue weighted by atomic mass is 9.97. The van der Waals surface area contributed by atoms with Gasteiger partial charge in [-0.25, -0.2) is 4.98 Å². The van der Waals surface area contributed by atoms with Crippen LogP contribution >= 0.6 is 11.3 Å². The lowest BCUT2D eigenvalue weighted by Crippen LogP contribution is -2.24. The molecule has 130 valence electrons. The average molecular weight is 354 g/mol. The third kappa shape index (κ3) is 3.29. The zero-order valence-corrected chi connectivity index (χ0v) is 15.8. The molecule has 4 nitrogen and oxygen atoms in total. The number of carbonyl (C=O) groups is 1. The summed E-state index contributed by atoms with van der Waals surface area (Å²) in [7, 11) is 0. The molecule has 0 aliphatic heterocycles. The Bertz CT molecular complexity index is 983. The van der Waals surface area contributed by atoms with Gasteiger partial charge in [-0.05, 0) is 37.3 Å². The molecule has 0 saturated heterocycles. The van der Waals surface area contributed by atoms with Crippen molar-refractivity contribution >= 4 is 27.3 Å². The SMILES string of the molecule is CCC(C)c1ccc(C(=O)Cn2cnc3sc(C)c(C)c3c2=O)cc1. The Balaban J connectivity index is 1.88. The highest BCUT2D eigenvalue weighted by atomic mass is 32.1. The van der Waals surface area contributed by atoms with Crippen molar-refractivity contribution in [3.8, 4) is 0 Å². The molecule has 2 aromatic heterocycles. The zero-order chi connectivity index (χ0) is 18.1. The predicted molar refractivity (Wildman–Crippen MR) is 103 cm³/mol. The molecule has 0 amide bonds. The highest BCUT2D eigenvalue weighted by Crippen LogP contribution is 2.25. The predicted octanol–water partition coefficient (Wildman–Crippen LogP) is 4.47. The first-order valence-corrected chi connectivity index (χ1v) is 9.32. The zero-order valence-electron chi connectivity index (χ0n) is 15.0. The number of ketones is 1. The summed E-state index contributed by atoms with van der Waals surface area (Å²) in [5, 5.41) is 0.630. The second-order valence-electron chi connectivity index (χ2n) is 6.50. The van der Waals surface area contributed by atoms with E-state index in [2.05, 4.69) is 18.8 Å². The summed E-state index contributed by atoms with van der Waals surface area (Å²) in [6.45, 7) is 8.24. The summed E-state index contributed by atoms with van der Waals surface area (Å²) < 4.78 is 1.41. The first kappa shape index (κ1) is 17.5. The fourth-order valence-corrected chi connectivity index (χ4v) is 3.85. The molecule has 1 atom stereocenters. The van der Waals surface area contributed by atoms with Gasteiger partial charge < -0.3 is 0 Å². The Hall–Kier alpha value is -2.27. The topological polar surface area (TPSA) is 52.0 Å². The van der Waals surface area contributed by atoms with Crippen LogP contribution < -0.4 is 5.56 Å². The van der Waals surface area contributed by atoms with E-state index in [9.17, 15) is 9.59 Å². The van der Waals surface area contributed by atoms with Crippen molar-refractivity contribution in [3.05, 3.63) is 62.5 Å². The maximum absolute atomic E-state index is 12.7. The molecule has 0 spiro atoms. The number of aryl methyl sites for hydroxylation is 2. The van der Waals surface area contributed by atoms with Gasteiger partial charge in [-0.15, -0.1) is 11.3 Å². The molecule has 2 heterocycles. The Kier molecular flexibility index (Phi) is 4.86. The number of nitrogens with zero attached hydrogens (tertiary/aromatic N) is 2. The van der Waals surface area contributed by atoms with E-state index in [1.807, 2.05) is 38.1 Å². The van der Waals surface area contributed by atoms with Gasteiger partial charge in [0.25, 0.3) is 5.56 Å². The monoisotopic (exact) mass is 354 g/mol. The molecule has 1 unspecified atom stereocenters. The number of hydrogen-bond donors (Lipinski definition) is 0. The number of thiophene rings is 1. The van der Waals surface area contributed by atoms with Crippen LogP contribution in [0.1, 0.15) is 52.5 Å². The summed E-state index contributed by atoms with van der Waals surface area (Å²) in [6, 6.07) is 7.69. The highest BCUT2D eigenvalue weighted by molar-refractivity contribution is 7.18. The van der Waals surface area contributed by atoms with Crippen LogP contribution in [-0.4, -0.2) is 15.3 Å². The number of rotatable bonds is 5. The molecule has 0 saturated carbocycles. The van der Waals surface area contributed by atoms with Gasteiger partial charge in [0.2, 0.25) is 0 Å². The van der Waals surface area contributed by atoms with Gasteiger partial charge in [-0.2, -0.15) is 0 Å². The van der Waals surface area contributed by atoms with Gasteiger partial charge in [-0.3, -0.25) is 14.2 Å². The third-order valence-corrected chi connectivity index (χ3v) is 6.00. The normalized spacial score (nSPS) is 12.5. The number of hydrogen-bond acceptors (Lipinski definition) is 4. The van der Waals surface area contributed by atoms with E-state index in [-0.39, 0.29) is 17.9 Å². The molecule has 0 bridgehead atoms. The Morgan fingerprint density at radius 2 is 1.92 bits per heavy atom.